The molecule has 0 heterocycles. The third kappa shape index (κ3) is 7.06. The number of hydrogen-bond donors (Lipinski definition) is 0. The fourth-order valence-corrected chi connectivity index (χ4v) is 4.48. The Kier molecular flexibility index (Phi) is 11.2. The first kappa shape index (κ1) is 35.4. The van der Waals surface area contributed by atoms with Gasteiger partial charge < -0.3 is 9.80 Å². The maximum atomic E-state index is 15.7. The van der Waals surface area contributed by atoms with Gasteiger partial charge in [-0.2, -0.15) is 31.6 Å². The molecule has 234 valence electrons. The molecule has 0 fully saturated rings. The van der Waals surface area contributed by atoms with E-state index in [-0.39, 0.29) is 22.3 Å². The van der Waals surface area contributed by atoms with E-state index >= 15 is 17.6 Å². The second kappa shape index (κ2) is 15.2. The van der Waals surface area contributed by atoms with Gasteiger partial charge >= 0.3 is 0 Å². The monoisotopic (exact) mass is 642 g/mol. The Hall–Kier alpha value is -7.12. The average molecular weight is 643 g/mol. The summed E-state index contributed by atoms with van der Waals surface area (Å²) in [6.07, 6.45) is 1.52. The van der Waals surface area contributed by atoms with Crippen molar-refractivity contribution in [2.45, 2.75) is 0 Å². The lowest BCUT2D eigenvalue weighted by molar-refractivity contribution is 0.447. The number of rotatable bonds is 8. The second-order valence-electron chi connectivity index (χ2n) is 10.3. The van der Waals surface area contributed by atoms with Crippen molar-refractivity contribution in [1.29, 1.82) is 31.6 Å². The smallest absolute Gasteiger partial charge is 0.171 e. The summed E-state index contributed by atoms with van der Waals surface area (Å²) in [5, 5.41) is 57.9. The van der Waals surface area contributed by atoms with E-state index in [1.807, 2.05) is 0 Å². The molecule has 0 saturated carbocycles. The van der Waals surface area contributed by atoms with E-state index in [1.165, 1.54) is 36.4 Å². The number of nitrogens with zero attached hydrogens (tertiary/aromatic N) is 8. The quantitative estimate of drug-likeness (QED) is 0.108. The van der Waals surface area contributed by atoms with E-state index in [0.717, 1.165) is 23.5 Å². The van der Waals surface area contributed by atoms with Crippen molar-refractivity contribution in [2.24, 2.45) is 0 Å². The maximum Gasteiger partial charge on any atom is 0.171 e. The highest BCUT2D eigenvalue weighted by Gasteiger charge is 2.30. The van der Waals surface area contributed by atoms with Crippen LogP contribution >= 0.6 is 0 Å². The summed E-state index contributed by atoms with van der Waals surface area (Å²) in [6, 6.07) is 21.8. The number of anilines is 2. The molecule has 0 radical (unpaired) electrons. The highest BCUT2D eigenvalue weighted by atomic mass is 19.2. The van der Waals surface area contributed by atoms with Gasteiger partial charge in [0.05, 0.1) is 34.4 Å². The molecule has 0 spiro atoms. The van der Waals surface area contributed by atoms with Crippen LogP contribution in [0.5, 0.6) is 0 Å². The maximum absolute atomic E-state index is 15.7. The molecule has 48 heavy (non-hydrogen) atoms. The van der Waals surface area contributed by atoms with Gasteiger partial charge in [-0.25, -0.2) is 17.6 Å². The summed E-state index contributed by atoms with van der Waals surface area (Å²) >= 11 is 0. The Morgan fingerprint density at radius 2 is 0.750 bits per heavy atom. The molecule has 0 aliphatic carbocycles. The molecule has 0 bridgehead atoms. The Balaban J connectivity index is 2.33. The largest absolute Gasteiger partial charge is 0.378 e. The van der Waals surface area contributed by atoms with Gasteiger partial charge in [-0.1, -0.05) is 24.3 Å². The van der Waals surface area contributed by atoms with Crippen LogP contribution in [0, 0.1) is 91.3 Å². The van der Waals surface area contributed by atoms with Crippen molar-refractivity contribution < 1.29 is 17.6 Å². The molecule has 0 amide bonds. The van der Waals surface area contributed by atoms with Crippen LogP contribution in [0.1, 0.15) is 22.3 Å². The second-order valence-corrected chi connectivity index (χ2v) is 10.3. The number of halogens is 4. The zero-order chi connectivity index (χ0) is 35.7. The van der Waals surface area contributed by atoms with Crippen LogP contribution in [0.25, 0.3) is 22.3 Å². The van der Waals surface area contributed by atoms with E-state index in [0.29, 0.717) is 0 Å². The first-order chi connectivity index (χ1) is 22.9. The third-order valence-electron chi connectivity index (χ3n) is 7.00. The summed E-state index contributed by atoms with van der Waals surface area (Å²) in [5.41, 5.74) is -4.65. The van der Waals surface area contributed by atoms with Gasteiger partial charge in [0, 0.05) is 50.7 Å². The van der Waals surface area contributed by atoms with Crippen molar-refractivity contribution >= 4 is 33.7 Å². The Morgan fingerprint density at radius 3 is 0.958 bits per heavy atom. The lowest BCUT2D eigenvalue weighted by atomic mass is 9.92. The molecule has 0 aliphatic heterocycles. The van der Waals surface area contributed by atoms with E-state index < -0.39 is 56.7 Å². The van der Waals surface area contributed by atoms with Crippen LogP contribution in [-0.2, 0) is 0 Å². The number of nitriles is 6. The molecule has 0 atom stereocenters. The van der Waals surface area contributed by atoms with Crippen molar-refractivity contribution in [3.63, 3.8) is 0 Å². The minimum absolute atomic E-state index is 0.184. The molecule has 0 aromatic heterocycles. The van der Waals surface area contributed by atoms with Crippen LogP contribution in [0.2, 0.25) is 0 Å². The minimum Gasteiger partial charge on any atom is -0.378 e. The van der Waals surface area contributed by atoms with Gasteiger partial charge in [-0.15, -0.1) is 0 Å². The predicted octanol–water partition coefficient (Wildman–Crippen LogP) is 7.19. The van der Waals surface area contributed by atoms with Crippen LogP contribution in [0.15, 0.2) is 71.8 Å². The molecule has 3 rings (SSSR count). The highest BCUT2D eigenvalue weighted by Crippen LogP contribution is 2.36. The number of hydrogen-bond acceptors (Lipinski definition) is 8. The fraction of sp³-hybridized carbons (Fsp3) is 0.111. The van der Waals surface area contributed by atoms with Crippen molar-refractivity contribution in [3.05, 3.63) is 117 Å². The molecule has 12 heteroatoms. The summed E-state index contributed by atoms with van der Waals surface area (Å²) < 4.78 is 62.7. The van der Waals surface area contributed by atoms with Crippen LogP contribution in [-0.4, -0.2) is 28.2 Å². The zero-order valence-corrected chi connectivity index (χ0v) is 25.9. The van der Waals surface area contributed by atoms with Gasteiger partial charge in [0.1, 0.15) is 35.4 Å². The summed E-state index contributed by atoms with van der Waals surface area (Å²) in [7, 11) is 7.02. The van der Waals surface area contributed by atoms with Crippen LogP contribution < -0.4 is 9.80 Å². The van der Waals surface area contributed by atoms with E-state index in [9.17, 15) is 31.6 Å². The summed E-state index contributed by atoms with van der Waals surface area (Å²) in [6.45, 7) is 0. The standard InChI is InChI=1S/C36H22F4N8/c1-47(2)27-9-5-21(6-10-27)29(25(17-43)18-44)13-23(15-41)31-33(37)35(39)32(36(40)34(31)38)24(16-42)14-30(26(19-45)20-46)22-7-11-28(12-8-22)48(3)4/h5-14H,1-4H3/b23-13+,24-14+. The Morgan fingerprint density at radius 1 is 0.479 bits per heavy atom. The van der Waals surface area contributed by atoms with Gasteiger partial charge in [0.15, 0.2) is 23.3 Å². The van der Waals surface area contributed by atoms with Gasteiger partial charge in [-0.05, 0) is 47.5 Å². The van der Waals surface area contributed by atoms with E-state index in [4.69, 9.17) is 0 Å². The highest BCUT2D eigenvalue weighted by molar-refractivity contribution is 5.95. The predicted molar refractivity (Wildman–Crippen MR) is 171 cm³/mol. The number of allylic oxidation sites excluding steroid dienone is 8. The summed E-state index contributed by atoms with van der Waals surface area (Å²) in [4.78, 5) is 3.50. The van der Waals surface area contributed by atoms with E-state index in [2.05, 4.69) is 0 Å². The van der Waals surface area contributed by atoms with Crippen molar-refractivity contribution in [1.82, 2.24) is 0 Å². The van der Waals surface area contributed by atoms with Crippen LogP contribution in [0.4, 0.5) is 28.9 Å². The molecule has 0 aliphatic rings. The fourth-order valence-electron chi connectivity index (χ4n) is 4.48. The van der Waals surface area contributed by atoms with Crippen molar-refractivity contribution in [3.8, 4) is 36.4 Å². The lowest BCUT2D eigenvalue weighted by Gasteiger charge is -2.14. The SMILES string of the molecule is CN(C)c1ccc(C(/C=C(\C#N)c2c(F)c(F)c(/C(C#N)=C/C(=C(C#N)C#N)c3ccc(N(C)C)cc3)c(F)c2F)=C(C#N)C#N)cc1. The first-order valence-electron chi connectivity index (χ1n) is 13.6. The molecule has 0 saturated heterocycles. The molecule has 8 nitrogen and oxygen atoms in total. The molecular weight excluding hydrogens is 620 g/mol. The van der Waals surface area contributed by atoms with Gasteiger partial charge in [0.2, 0.25) is 0 Å². The minimum atomic E-state index is -2.04. The van der Waals surface area contributed by atoms with Crippen LogP contribution in [0.3, 0.4) is 0 Å². The molecule has 3 aromatic carbocycles. The normalized spacial score (nSPS) is 10.6. The van der Waals surface area contributed by atoms with E-state index in [1.54, 1.807) is 86.5 Å². The topological polar surface area (TPSA) is 149 Å². The molecular formula is C36H22F4N8. The average Bonchev–Trinajstić information content (AvgIpc) is 3.09. The Labute approximate surface area is 274 Å². The lowest BCUT2D eigenvalue weighted by Crippen LogP contribution is -2.09. The number of benzene rings is 3. The third-order valence-corrected chi connectivity index (χ3v) is 7.00. The molecule has 0 N–H and O–H groups in total. The van der Waals surface area contributed by atoms with Crippen molar-refractivity contribution in [2.75, 3.05) is 38.0 Å². The van der Waals surface area contributed by atoms with Gasteiger partial charge in [-0.3, -0.25) is 0 Å². The molecule has 0 unspecified atom stereocenters. The first-order valence-corrected chi connectivity index (χ1v) is 13.6. The van der Waals surface area contributed by atoms with Gasteiger partial charge in [0.25, 0.3) is 0 Å². The Bertz CT molecular complexity index is 1950. The molecule has 3 aromatic rings. The zero-order valence-electron chi connectivity index (χ0n) is 25.9. The summed E-state index contributed by atoms with van der Waals surface area (Å²) in [5.74, 6) is -8.18.